The summed E-state index contributed by atoms with van der Waals surface area (Å²) in [5.41, 5.74) is 5.48. The van der Waals surface area contributed by atoms with Crippen LogP contribution in [0.25, 0.3) is 10.9 Å². The summed E-state index contributed by atoms with van der Waals surface area (Å²) in [6.07, 6.45) is 8.16. The number of hydrogen-bond acceptors (Lipinski definition) is 1. The van der Waals surface area contributed by atoms with Gasteiger partial charge in [-0.05, 0) is 0 Å². The van der Waals surface area contributed by atoms with Gasteiger partial charge < -0.3 is 0 Å². The van der Waals surface area contributed by atoms with Gasteiger partial charge in [0, 0.05) is 0 Å². The molecule has 0 spiro atoms. The fourth-order valence-electron chi connectivity index (χ4n) is 4.28. The van der Waals surface area contributed by atoms with Crippen molar-refractivity contribution in [2.75, 3.05) is 0 Å². The van der Waals surface area contributed by atoms with Crippen LogP contribution >= 0.6 is 0 Å². The molecular formula is C24H39NSn. The van der Waals surface area contributed by atoms with E-state index in [-0.39, 0.29) is 0 Å². The second kappa shape index (κ2) is 10.1. The van der Waals surface area contributed by atoms with E-state index in [1.165, 1.54) is 79.4 Å². The van der Waals surface area contributed by atoms with Gasteiger partial charge in [0.15, 0.2) is 0 Å². The molecule has 0 fully saturated rings. The van der Waals surface area contributed by atoms with Gasteiger partial charge in [-0.1, -0.05) is 0 Å². The van der Waals surface area contributed by atoms with Crippen molar-refractivity contribution in [1.82, 2.24) is 4.98 Å². The molecule has 0 amide bonds. The quantitative estimate of drug-likeness (QED) is 0.341. The van der Waals surface area contributed by atoms with E-state index in [1.54, 1.807) is 3.71 Å². The van der Waals surface area contributed by atoms with Crippen LogP contribution in [-0.2, 0) is 0 Å². The second-order valence-corrected chi connectivity index (χ2v) is 21.4. The first-order chi connectivity index (χ1) is 12.5. The predicted molar refractivity (Wildman–Crippen MR) is 120 cm³/mol. The van der Waals surface area contributed by atoms with Crippen molar-refractivity contribution >= 4 is 33.0 Å². The van der Waals surface area contributed by atoms with E-state index in [2.05, 4.69) is 59.7 Å². The average molecular weight is 460 g/mol. The summed E-state index contributed by atoms with van der Waals surface area (Å²) in [5.74, 6) is 0. The van der Waals surface area contributed by atoms with E-state index in [9.17, 15) is 0 Å². The van der Waals surface area contributed by atoms with Gasteiger partial charge in [0.05, 0.1) is 0 Å². The third-order valence-electron chi connectivity index (χ3n) is 6.28. The third kappa shape index (κ3) is 4.82. The predicted octanol–water partition coefficient (Wildman–Crippen LogP) is 7.22. The zero-order valence-electron chi connectivity index (χ0n) is 18.0. The van der Waals surface area contributed by atoms with E-state index in [1.807, 2.05) is 0 Å². The number of nitrogens with zero attached hydrogens (tertiary/aromatic N) is 1. The van der Waals surface area contributed by atoms with E-state index in [0.717, 1.165) is 0 Å². The summed E-state index contributed by atoms with van der Waals surface area (Å²) in [4.78, 5) is 5.42. The molecular weight excluding hydrogens is 421 g/mol. The fraction of sp³-hybridized carbons (Fsp3) is 0.625. The van der Waals surface area contributed by atoms with E-state index >= 15 is 0 Å². The van der Waals surface area contributed by atoms with Crippen LogP contribution in [0.1, 0.15) is 76.0 Å². The summed E-state index contributed by atoms with van der Waals surface area (Å²) in [7, 11) is 0. The van der Waals surface area contributed by atoms with E-state index < -0.39 is 18.4 Å². The third-order valence-corrected chi connectivity index (χ3v) is 21.3. The van der Waals surface area contributed by atoms with Crippen molar-refractivity contribution < 1.29 is 0 Å². The van der Waals surface area contributed by atoms with Crippen LogP contribution < -0.4 is 3.71 Å². The summed E-state index contributed by atoms with van der Waals surface area (Å²) >= 11 is -2.45. The van der Waals surface area contributed by atoms with Crippen LogP contribution in [0.2, 0.25) is 13.3 Å². The Hall–Kier alpha value is -0.571. The Kier molecular flexibility index (Phi) is 8.44. The summed E-state index contributed by atoms with van der Waals surface area (Å²) in [6, 6.07) is 7.05. The molecule has 2 aromatic rings. The zero-order valence-corrected chi connectivity index (χ0v) is 20.9. The van der Waals surface area contributed by atoms with Gasteiger partial charge in [0.2, 0.25) is 0 Å². The Balaban J connectivity index is 2.62. The summed E-state index contributed by atoms with van der Waals surface area (Å²) in [6.45, 7) is 13.8. The van der Waals surface area contributed by atoms with Gasteiger partial charge in [0.1, 0.15) is 0 Å². The summed E-state index contributed by atoms with van der Waals surface area (Å²) in [5, 5.41) is 1.36. The maximum atomic E-state index is 5.42. The first-order valence-electron chi connectivity index (χ1n) is 10.9. The van der Waals surface area contributed by atoms with Crippen LogP contribution in [-0.4, -0.2) is 23.4 Å². The normalized spacial score (nSPS) is 12.1. The van der Waals surface area contributed by atoms with E-state index in [0.29, 0.717) is 0 Å². The van der Waals surface area contributed by atoms with Crippen molar-refractivity contribution in [3.05, 3.63) is 34.9 Å². The molecule has 0 aliphatic rings. The van der Waals surface area contributed by atoms with Gasteiger partial charge >= 0.3 is 166 Å². The molecule has 1 aromatic heterocycles. The number of unbranched alkanes of at least 4 members (excludes halogenated alkanes) is 3. The molecule has 0 atom stereocenters. The molecule has 2 rings (SSSR count). The first kappa shape index (κ1) is 21.7. The molecule has 0 saturated heterocycles. The van der Waals surface area contributed by atoms with E-state index in [4.69, 9.17) is 4.98 Å². The van der Waals surface area contributed by atoms with Gasteiger partial charge in [-0.15, -0.1) is 0 Å². The van der Waals surface area contributed by atoms with Gasteiger partial charge in [0.25, 0.3) is 0 Å². The molecule has 1 aromatic carbocycles. The Morgan fingerprint density at radius 2 is 1.31 bits per heavy atom. The number of aryl methyl sites for hydroxylation is 3. The van der Waals surface area contributed by atoms with Crippen molar-refractivity contribution in [2.24, 2.45) is 0 Å². The molecule has 0 unspecified atom stereocenters. The molecule has 2 heteroatoms. The standard InChI is InChI=1S/C12H12N.3C4H9.Sn/c1-8-4-5-11-9(2)6-7-13-12(11)10(8)3;3*1-3-4-2;/h4-6H,1-3H3;3*1,3-4H2,2H3;. The van der Waals surface area contributed by atoms with Crippen LogP contribution in [0.5, 0.6) is 0 Å². The van der Waals surface area contributed by atoms with Crippen molar-refractivity contribution in [2.45, 2.75) is 93.4 Å². The Morgan fingerprint density at radius 3 is 1.81 bits per heavy atom. The number of rotatable bonds is 10. The van der Waals surface area contributed by atoms with Crippen LogP contribution in [0.4, 0.5) is 0 Å². The Bertz CT molecular complexity index is 698. The second-order valence-electron chi connectivity index (χ2n) is 8.32. The number of hydrogen-bond donors (Lipinski definition) is 0. The molecule has 26 heavy (non-hydrogen) atoms. The molecule has 0 aliphatic carbocycles. The average Bonchev–Trinajstić information content (AvgIpc) is 2.64. The minimum absolute atomic E-state index is 1.28. The van der Waals surface area contributed by atoms with Gasteiger partial charge in [-0.2, -0.15) is 0 Å². The van der Waals surface area contributed by atoms with Gasteiger partial charge in [-0.25, -0.2) is 0 Å². The SMILES string of the molecule is CCC[CH2][Sn]([CH2]CCC)([CH2]CCC)[c]1cc(C)c2ccc(C)c(C)c2n1. The maximum absolute atomic E-state index is 5.42. The molecule has 0 aliphatic heterocycles. The van der Waals surface area contributed by atoms with Crippen LogP contribution in [0, 0.1) is 20.8 Å². The molecule has 0 N–H and O–H groups in total. The number of fused-ring (bicyclic) bond motifs is 1. The number of pyridine rings is 1. The summed E-state index contributed by atoms with van der Waals surface area (Å²) < 4.78 is 6.06. The van der Waals surface area contributed by atoms with Crippen molar-refractivity contribution in [3.8, 4) is 0 Å². The van der Waals surface area contributed by atoms with Crippen molar-refractivity contribution in [3.63, 3.8) is 0 Å². The molecule has 0 radical (unpaired) electrons. The first-order valence-corrected chi connectivity index (χ1v) is 18.3. The van der Waals surface area contributed by atoms with Gasteiger partial charge in [-0.3, -0.25) is 0 Å². The topological polar surface area (TPSA) is 12.9 Å². The zero-order chi connectivity index (χ0) is 19.2. The fourth-order valence-corrected chi connectivity index (χ4v) is 19.9. The molecule has 0 bridgehead atoms. The monoisotopic (exact) mass is 461 g/mol. The minimum atomic E-state index is -2.45. The molecule has 1 heterocycles. The molecule has 1 nitrogen and oxygen atoms in total. The van der Waals surface area contributed by atoms with Crippen LogP contribution in [0.3, 0.4) is 0 Å². The molecule has 144 valence electrons. The van der Waals surface area contributed by atoms with Crippen LogP contribution in [0.15, 0.2) is 18.2 Å². The Labute approximate surface area is 165 Å². The number of aromatic nitrogens is 1. The Morgan fingerprint density at radius 1 is 0.769 bits per heavy atom. The van der Waals surface area contributed by atoms with Crippen molar-refractivity contribution in [1.29, 1.82) is 0 Å². The molecule has 0 saturated carbocycles. The number of benzene rings is 1.